The van der Waals surface area contributed by atoms with Gasteiger partial charge in [0.2, 0.25) is 15.9 Å². The Kier molecular flexibility index (Phi) is 13.4. The topological polar surface area (TPSA) is 137 Å². The average Bonchev–Trinajstić information content (AvgIpc) is 3.24. The van der Waals surface area contributed by atoms with Crippen molar-refractivity contribution in [2.45, 2.75) is 80.8 Å². The summed E-state index contributed by atoms with van der Waals surface area (Å²) >= 11 is 6.10. The van der Waals surface area contributed by atoms with E-state index in [2.05, 4.69) is 14.9 Å². The fourth-order valence-corrected chi connectivity index (χ4v) is 8.91. The second-order valence-electron chi connectivity index (χ2n) is 15.3. The molecule has 0 radical (unpaired) electrons. The van der Waals surface area contributed by atoms with Crippen molar-refractivity contribution in [1.82, 2.24) is 14.9 Å². The van der Waals surface area contributed by atoms with Crippen LogP contribution in [0.25, 0.3) is 0 Å². The van der Waals surface area contributed by atoms with E-state index in [0.29, 0.717) is 43.9 Å². The molecule has 4 atom stereocenters. The molecule has 58 heavy (non-hydrogen) atoms. The molecule has 5 aromatic carbocycles. The van der Waals surface area contributed by atoms with Crippen molar-refractivity contribution in [1.29, 1.82) is 0 Å². The van der Waals surface area contributed by atoms with Gasteiger partial charge in [0.1, 0.15) is 6.04 Å². The number of hydrogen-bond acceptors (Lipinski definition) is 8. The number of likely N-dealkylation sites (tertiary alicyclic amines) is 1. The molecule has 2 aliphatic rings. The summed E-state index contributed by atoms with van der Waals surface area (Å²) in [6, 6.07) is 37.7. The van der Waals surface area contributed by atoms with Crippen LogP contribution in [0.2, 0.25) is 5.02 Å². The summed E-state index contributed by atoms with van der Waals surface area (Å²) in [5.41, 5.74) is 5.19. The van der Waals surface area contributed by atoms with Crippen molar-refractivity contribution in [2.24, 2.45) is 0 Å². The first-order chi connectivity index (χ1) is 28.0. The Morgan fingerprint density at radius 2 is 1.47 bits per heavy atom. The number of nitrogens with zero attached hydrogens (tertiary/aromatic N) is 1. The molecule has 12 heteroatoms. The van der Waals surface area contributed by atoms with Crippen molar-refractivity contribution < 1.29 is 32.9 Å². The summed E-state index contributed by atoms with van der Waals surface area (Å²) in [6.45, 7) is 4.11. The van der Waals surface area contributed by atoms with Crippen LogP contribution >= 0.6 is 11.6 Å². The SMILES string of the molecule is Cc1ccc(S(=O)(=O)NC(Cc2ccccc2)C(=O)NCc2ccc(C3OC(CN4CCC(O)(c5ccc(Cl)cc5)CC4)CC(c4ccc(CO)cc4)O3)cc2)cc1. The van der Waals surface area contributed by atoms with E-state index in [-0.39, 0.29) is 36.7 Å². The molecule has 2 saturated heterocycles. The second-order valence-corrected chi connectivity index (χ2v) is 17.5. The second kappa shape index (κ2) is 18.7. The fraction of sp³-hybridized carbons (Fsp3) is 0.326. The van der Waals surface area contributed by atoms with Crippen molar-refractivity contribution >= 4 is 27.5 Å². The van der Waals surface area contributed by atoms with E-state index in [1.807, 2.05) is 110 Å². The van der Waals surface area contributed by atoms with Gasteiger partial charge in [-0.05, 0) is 78.3 Å². The molecule has 4 N–H and O–H groups in total. The van der Waals surface area contributed by atoms with E-state index < -0.39 is 33.9 Å². The van der Waals surface area contributed by atoms with Crippen molar-refractivity contribution in [2.75, 3.05) is 19.6 Å². The molecule has 4 unspecified atom stereocenters. The van der Waals surface area contributed by atoms with Gasteiger partial charge >= 0.3 is 0 Å². The maximum atomic E-state index is 13.6. The number of piperidine rings is 1. The molecule has 304 valence electrons. The summed E-state index contributed by atoms with van der Waals surface area (Å²) in [6.07, 6.45) is 0.928. The monoisotopic (exact) mass is 823 g/mol. The van der Waals surface area contributed by atoms with Gasteiger partial charge in [0.25, 0.3) is 0 Å². The molecule has 10 nitrogen and oxygen atoms in total. The standard InChI is InChI=1S/C46H50ClN3O7S/c1-32-7-21-41(22-8-32)58(54,55)49-42(27-33-5-3-2-4-6-33)44(52)48-29-34-9-15-37(16-10-34)45-56-40(28-43(57-45)36-13-11-35(31-51)12-14-36)30-50-25-23-46(53,24-26-50)38-17-19-39(47)20-18-38/h2-22,40,42-43,45,49,51,53H,23-31H2,1H3,(H,48,52). The molecule has 7 rings (SSSR count). The predicted molar refractivity (Wildman–Crippen MR) is 223 cm³/mol. The molecule has 5 aromatic rings. The molecule has 2 aliphatic heterocycles. The minimum absolute atomic E-state index is 0.0407. The van der Waals surface area contributed by atoms with E-state index >= 15 is 0 Å². The molecule has 0 aromatic heterocycles. The van der Waals surface area contributed by atoms with Crippen LogP contribution in [0.3, 0.4) is 0 Å². The highest BCUT2D eigenvalue weighted by molar-refractivity contribution is 7.89. The Bertz CT molecular complexity index is 2220. The summed E-state index contributed by atoms with van der Waals surface area (Å²) in [5, 5.41) is 24.7. The number of ether oxygens (including phenoxy) is 2. The number of benzene rings is 5. The van der Waals surface area contributed by atoms with Crippen LogP contribution in [0.1, 0.15) is 70.6 Å². The number of sulfonamides is 1. The normalized spacial score (nSPS) is 20.3. The number of aliphatic hydroxyl groups excluding tert-OH is 1. The van der Waals surface area contributed by atoms with Crippen LogP contribution in [0.15, 0.2) is 132 Å². The van der Waals surface area contributed by atoms with E-state index in [4.69, 9.17) is 21.1 Å². The van der Waals surface area contributed by atoms with Gasteiger partial charge in [-0.2, -0.15) is 4.72 Å². The maximum Gasteiger partial charge on any atom is 0.241 e. The number of aryl methyl sites for hydroxylation is 1. The summed E-state index contributed by atoms with van der Waals surface area (Å²) in [5.74, 6) is -0.440. The molecule has 0 aliphatic carbocycles. The van der Waals surface area contributed by atoms with E-state index in [1.54, 1.807) is 12.1 Å². The Morgan fingerprint density at radius 1 is 0.828 bits per heavy atom. The maximum absolute atomic E-state index is 13.6. The zero-order valence-electron chi connectivity index (χ0n) is 32.5. The fourth-order valence-electron chi connectivity index (χ4n) is 7.59. The quantitative estimate of drug-likeness (QED) is 0.0953. The first kappa shape index (κ1) is 41.7. The highest BCUT2D eigenvalue weighted by Crippen LogP contribution is 2.39. The van der Waals surface area contributed by atoms with Crippen molar-refractivity contribution in [3.8, 4) is 0 Å². The minimum Gasteiger partial charge on any atom is -0.392 e. The number of rotatable bonds is 14. The molecule has 0 saturated carbocycles. The largest absolute Gasteiger partial charge is 0.392 e. The highest BCUT2D eigenvalue weighted by atomic mass is 35.5. The Labute approximate surface area is 345 Å². The number of nitrogens with one attached hydrogen (secondary N) is 2. The van der Waals surface area contributed by atoms with Gasteiger partial charge < -0.3 is 29.9 Å². The predicted octanol–water partition coefficient (Wildman–Crippen LogP) is 6.88. The first-order valence-electron chi connectivity index (χ1n) is 19.7. The number of aliphatic hydroxyl groups is 2. The Hall–Kier alpha value is -4.43. The Morgan fingerprint density at radius 3 is 2.12 bits per heavy atom. The van der Waals surface area contributed by atoms with E-state index in [9.17, 15) is 23.4 Å². The molecular formula is C46H50ClN3O7S. The highest BCUT2D eigenvalue weighted by Gasteiger charge is 2.37. The lowest BCUT2D eigenvalue weighted by Crippen LogP contribution is -2.47. The third-order valence-corrected chi connectivity index (χ3v) is 12.8. The van der Waals surface area contributed by atoms with Crippen LogP contribution in [0.4, 0.5) is 0 Å². The van der Waals surface area contributed by atoms with Crippen LogP contribution in [0, 0.1) is 6.92 Å². The summed E-state index contributed by atoms with van der Waals surface area (Å²) in [4.78, 5) is 16.0. The number of hydrogen-bond donors (Lipinski definition) is 4. The molecule has 0 spiro atoms. The molecule has 2 heterocycles. The van der Waals surface area contributed by atoms with Crippen LogP contribution in [-0.2, 0) is 49.5 Å². The zero-order valence-corrected chi connectivity index (χ0v) is 34.0. The van der Waals surface area contributed by atoms with Gasteiger partial charge in [0.15, 0.2) is 6.29 Å². The zero-order chi connectivity index (χ0) is 40.7. The van der Waals surface area contributed by atoms with E-state index in [0.717, 1.165) is 38.9 Å². The van der Waals surface area contributed by atoms with Gasteiger partial charge in [-0.15, -0.1) is 0 Å². The van der Waals surface area contributed by atoms with Gasteiger partial charge in [-0.25, -0.2) is 8.42 Å². The molecule has 0 bridgehead atoms. The summed E-state index contributed by atoms with van der Waals surface area (Å²) < 4.78 is 42.5. The van der Waals surface area contributed by atoms with Crippen LogP contribution < -0.4 is 10.0 Å². The van der Waals surface area contributed by atoms with Crippen molar-refractivity contribution in [3.63, 3.8) is 0 Å². The average molecular weight is 824 g/mol. The number of carbonyl (C=O) groups excluding carboxylic acids is 1. The van der Waals surface area contributed by atoms with Gasteiger partial charge in [-0.1, -0.05) is 120 Å². The van der Waals surface area contributed by atoms with Crippen molar-refractivity contribution in [3.05, 3.63) is 171 Å². The number of carbonyl (C=O) groups is 1. The van der Waals surface area contributed by atoms with Crippen LogP contribution in [-0.4, -0.2) is 61.2 Å². The van der Waals surface area contributed by atoms with Gasteiger partial charge in [0.05, 0.1) is 29.3 Å². The lowest BCUT2D eigenvalue weighted by molar-refractivity contribution is -0.253. The molecule has 2 fully saturated rings. The van der Waals surface area contributed by atoms with Gasteiger partial charge in [0, 0.05) is 43.2 Å². The number of amides is 1. The third-order valence-electron chi connectivity index (χ3n) is 11.1. The third kappa shape index (κ3) is 10.6. The molecule has 1 amide bonds. The lowest BCUT2D eigenvalue weighted by atomic mass is 9.84. The summed E-state index contributed by atoms with van der Waals surface area (Å²) in [7, 11) is -3.97. The first-order valence-corrected chi connectivity index (χ1v) is 21.5. The van der Waals surface area contributed by atoms with Gasteiger partial charge in [-0.3, -0.25) is 4.79 Å². The number of halogens is 1. The smallest absolute Gasteiger partial charge is 0.241 e. The Balaban J connectivity index is 1.02. The molecular weight excluding hydrogens is 774 g/mol. The minimum atomic E-state index is -3.97. The lowest BCUT2D eigenvalue weighted by Gasteiger charge is -2.42. The van der Waals surface area contributed by atoms with E-state index in [1.165, 1.54) is 12.1 Å². The van der Waals surface area contributed by atoms with Crippen LogP contribution in [0.5, 0.6) is 0 Å².